The van der Waals surface area contributed by atoms with Crippen LogP contribution in [0.25, 0.3) is 0 Å². The molecule has 0 aromatic carbocycles. The van der Waals surface area contributed by atoms with Crippen molar-refractivity contribution in [1.29, 1.82) is 0 Å². The molecule has 0 spiro atoms. The molecule has 0 atom stereocenters. The fourth-order valence-electron chi connectivity index (χ4n) is 0.632. The van der Waals surface area contributed by atoms with Crippen LogP contribution < -0.4 is 4.90 Å². The molecule has 1 aromatic heterocycles. The summed E-state index contributed by atoms with van der Waals surface area (Å²) in [5, 5.41) is -0.400. The molecule has 0 radical (unpaired) electrons. The Kier molecular flexibility index (Phi) is 0.852. The van der Waals surface area contributed by atoms with Gasteiger partial charge in [-0.05, 0) is 28.0 Å². The molecule has 1 aromatic rings. The van der Waals surface area contributed by atoms with Crippen LogP contribution in [0.1, 0.15) is 13.7 Å². The number of halogens is 1. The zero-order chi connectivity index (χ0) is 17.3. The summed E-state index contributed by atoms with van der Waals surface area (Å²) in [5.74, 6) is 0. The highest BCUT2D eigenvalue weighted by Crippen LogP contribution is 2.30. The molecule has 4 heteroatoms. The van der Waals surface area contributed by atoms with Crippen molar-refractivity contribution >= 4 is 32.3 Å². The van der Waals surface area contributed by atoms with E-state index >= 15 is 0 Å². The number of anilines is 1. The van der Waals surface area contributed by atoms with Crippen LogP contribution in [0.3, 0.4) is 0 Å². The smallest absolute Gasteiger partial charge is 0.0921 e. The number of hydrogen-bond acceptors (Lipinski definition) is 3. The first-order valence-electron chi connectivity index (χ1n) is 7.93. The lowest BCUT2D eigenvalue weighted by Gasteiger charge is -2.27. The van der Waals surface area contributed by atoms with Crippen molar-refractivity contribution in [2.24, 2.45) is 0 Å². The van der Waals surface area contributed by atoms with E-state index in [0.717, 1.165) is 0 Å². The van der Waals surface area contributed by atoms with E-state index in [1.54, 1.807) is 0 Å². The molecule has 1 saturated heterocycles. The van der Waals surface area contributed by atoms with Gasteiger partial charge in [-0.2, -0.15) is 0 Å². The zero-order valence-corrected chi connectivity index (χ0v) is 8.04. The van der Waals surface area contributed by atoms with Crippen LogP contribution in [-0.2, 0) is 4.74 Å². The highest BCUT2D eigenvalue weighted by Gasteiger charge is 2.12. The van der Waals surface area contributed by atoms with Gasteiger partial charge < -0.3 is 9.64 Å². The van der Waals surface area contributed by atoms with Crippen molar-refractivity contribution in [1.82, 2.24) is 0 Å². The average molecular weight is 258 g/mol. The summed E-state index contributed by atoms with van der Waals surface area (Å²) in [6.07, 6.45) is 0. The highest BCUT2D eigenvalue weighted by molar-refractivity contribution is 9.11. The largest absolute Gasteiger partial charge is 0.378 e. The Hall–Kier alpha value is -0.0600. The maximum atomic E-state index is 7.87. The van der Waals surface area contributed by atoms with Gasteiger partial charge in [0.15, 0.2) is 0 Å². The minimum absolute atomic E-state index is 0.131. The summed E-state index contributed by atoms with van der Waals surface area (Å²) < 4.78 is 81.7. The molecule has 0 saturated carbocycles. The van der Waals surface area contributed by atoms with Gasteiger partial charge in [-0.3, -0.25) is 0 Å². The third-order valence-electron chi connectivity index (χ3n) is 1.07. The number of hydrogen-bond donors (Lipinski definition) is 0. The van der Waals surface area contributed by atoms with Gasteiger partial charge in [-0.25, -0.2) is 0 Å². The van der Waals surface area contributed by atoms with Crippen molar-refractivity contribution < 1.29 is 18.4 Å². The molecule has 66 valence electrons. The van der Waals surface area contributed by atoms with Crippen molar-refractivity contribution in [2.45, 2.75) is 0 Å². The quantitative estimate of drug-likeness (QED) is 0.766. The van der Waals surface area contributed by atoms with Gasteiger partial charge in [0, 0.05) is 13.0 Å². The first kappa shape index (κ1) is 2.72. The first-order chi connectivity index (χ1) is 9.67. The molecule has 0 bridgehead atoms. The van der Waals surface area contributed by atoms with Gasteiger partial charge in [-0.1, -0.05) is 0 Å². The molecular formula is C8H10BrNOS. The van der Waals surface area contributed by atoms with Crippen molar-refractivity contribution in [3.8, 4) is 0 Å². The van der Waals surface area contributed by atoms with Gasteiger partial charge in [0.25, 0.3) is 0 Å². The molecule has 0 amide bonds. The fraction of sp³-hybridized carbons (Fsp3) is 0.500. The average Bonchev–Trinajstić information content (AvgIpc) is 2.54. The summed E-state index contributed by atoms with van der Waals surface area (Å²) in [6, 6.07) is -0.850. The van der Waals surface area contributed by atoms with Crippen LogP contribution in [0.2, 0.25) is 0 Å². The standard InChI is InChI=1S/C8H10BrNOS/c9-7-1-2-8(12-7)10-3-5-11-6-4-10/h1-2H,3-6H2/i1D,2D,3D2,4D2,5D2,6D2. The topological polar surface area (TPSA) is 12.5 Å². The minimum Gasteiger partial charge on any atom is -0.378 e. The molecule has 1 fully saturated rings. The summed E-state index contributed by atoms with van der Waals surface area (Å²) in [5.41, 5.74) is 0. The maximum absolute atomic E-state index is 7.87. The molecule has 0 unspecified atom stereocenters. The van der Waals surface area contributed by atoms with Crippen LogP contribution in [0.5, 0.6) is 0 Å². The van der Waals surface area contributed by atoms with Gasteiger partial charge in [-0.15, -0.1) is 11.3 Å². The Morgan fingerprint density at radius 1 is 1.58 bits per heavy atom. The molecule has 1 aliphatic heterocycles. The van der Waals surface area contributed by atoms with Crippen LogP contribution in [0, 0.1) is 0 Å². The summed E-state index contributed by atoms with van der Waals surface area (Å²) in [6.45, 7) is -12.6. The third kappa shape index (κ3) is 1.81. The van der Waals surface area contributed by atoms with Gasteiger partial charge >= 0.3 is 0 Å². The van der Waals surface area contributed by atoms with Gasteiger partial charge in [0.1, 0.15) is 0 Å². The van der Waals surface area contributed by atoms with Crippen LogP contribution in [-0.4, -0.2) is 26.1 Å². The molecule has 2 heterocycles. The summed E-state index contributed by atoms with van der Waals surface area (Å²) >= 11 is 3.64. The lowest BCUT2D eigenvalue weighted by molar-refractivity contribution is 0.123. The van der Waals surface area contributed by atoms with E-state index in [1.807, 2.05) is 0 Å². The SMILES string of the molecule is [2H]c1c(Br)sc(N2C([2H])([2H])C([2H])([2H])OC([2H])([2H])C2([2H])[2H])c1[2H]. The van der Waals surface area contributed by atoms with E-state index in [4.69, 9.17) is 13.7 Å². The minimum atomic E-state index is -3.17. The van der Waals surface area contributed by atoms with E-state index in [0.29, 0.717) is 11.3 Å². The Labute approximate surface area is 98.3 Å². The van der Waals surface area contributed by atoms with Gasteiger partial charge in [0.2, 0.25) is 0 Å². The Bertz CT molecular complexity index is 590. The second-order valence-electron chi connectivity index (χ2n) is 1.80. The molecule has 2 rings (SSSR count). The summed E-state index contributed by atoms with van der Waals surface area (Å²) in [7, 11) is 0. The van der Waals surface area contributed by atoms with Crippen molar-refractivity contribution in [3.05, 3.63) is 15.9 Å². The van der Waals surface area contributed by atoms with Crippen molar-refractivity contribution in [2.75, 3.05) is 31.0 Å². The molecule has 0 aliphatic carbocycles. The normalized spacial score (nSPS) is 47.2. The molecule has 2 nitrogen and oxygen atoms in total. The Balaban J connectivity index is 2.75. The van der Waals surface area contributed by atoms with E-state index in [9.17, 15) is 0 Å². The van der Waals surface area contributed by atoms with E-state index in [-0.39, 0.29) is 14.7 Å². The van der Waals surface area contributed by atoms with Crippen LogP contribution in [0.15, 0.2) is 15.9 Å². The predicted molar refractivity (Wildman–Crippen MR) is 55.1 cm³/mol. The number of nitrogens with zero attached hydrogens (tertiary/aromatic N) is 1. The zero-order valence-electron chi connectivity index (χ0n) is 15.6. The van der Waals surface area contributed by atoms with Gasteiger partial charge in [0.05, 0.1) is 35.6 Å². The van der Waals surface area contributed by atoms with E-state index < -0.39 is 37.2 Å². The molecule has 12 heavy (non-hydrogen) atoms. The summed E-state index contributed by atoms with van der Waals surface area (Å²) in [4.78, 5) is 0.208. The second-order valence-corrected chi connectivity index (χ2v) is 4.11. The maximum Gasteiger partial charge on any atom is 0.0921 e. The second kappa shape index (κ2) is 3.77. The lowest BCUT2D eigenvalue weighted by Crippen LogP contribution is -2.35. The van der Waals surface area contributed by atoms with Crippen LogP contribution >= 0.6 is 27.3 Å². The number of thiophene rings is 1. The first-order valence-corrected chi connectivity index (χ1v) is 4.54. The number of morpholine rings is 1. The Morgan fingerprint density at radius 2 is 2.33 bits per heavy atom. The lowest BCUT2D eigenvalue weighted by atomic mass is 10.4. The van der Waals surface area contributed by atoms with Crippen LogP contribution in [0.4, 0.5) is 5.00 Å². The highest BCUT2D eigenvalue weighted by atomic mass is 79.9. The molecule has 1 aliphatic rings. The monoisotopic (exact) mass is 257 g/mol. The number of rotatable bonds is 1. The van der Waals surface area contributed by atoms with E-state index in [1.165, 1.54) is 0 Å². The fourth-order valence-corrected chi connectivity index (χ4v) is 1.75. The van der Waals surface area contributed by atoms with E-state index in [2.05, 4.69) is 20.7 Å². The molecule has 0 N–H and O–H groups in total. The molecular weight excluding hydrogens is 238 g/mol. The predicted octanol–water partition coefficient (Wildman–Crippen LogP) is 2.35. The Morgan fingerprint density at radius 3 is 2.92 bits per heavy atom. The number of ether oxygens (including phenoxy) is 1. The van der Waals surface area contributed by atoms with Crippen molar-refractivity contribution in [3.63, 3.8) is 0 Å². The third-order valence-corrected chi connectivity index (χ3v) is 2.52.